The van der Waals surface area contributed by atoms with Crippen LogP contribution in [0.15, 0.2) is 36.5 Å². The topological polar surface area (TPSA) is 71.1 Å². The maximum atomic E-state index is 5.44. The van der Waals surface area contributed by atoms with Crippen LogP contribution in [0.25, 0.3) is 10.4 Å². The number of thiazole rings is 1. The van der Waals surface area contributed by atoms with Gasteiger partial charge in [-0.15, -0.1) is 11.3 Å². The highest BCUT2D eigenvalue weighted by atomic mass is 32.1. The molecule has 0 atom stereocenters. The first-order chi connectivity index (χ1) is 14.6. The fraction of sp³-hybridized carbons (Fsp3) is 0.318. The molecule has 0 radical (unpaired) electrons. The zero-order chi connectivity index (χ0) is 21.5. The fourth-order valence-electron chi connectivity index (χ4n) is 3.05. The lowest BCUT2D eigenvalue weighted by Crippen LogP contribution is -2.12. The van der Waals surface area contributed by atoms with E-state index in [-0.39, 0.29) is 0 Å². The molecule has 2 aromatic carbocycles. The summed E-state index contributed by atoms with van der Waals surface area (Å²) in [5.41, 5.74) is 2.07. The van der Waals surface area contributed by atoms with E-state index in [4.69, 9.17) is 23.7 Å². The molecule has 1 aromatic heterocycles. The first-order valence-electron chi connectivity index (χ1n) is 9.30. The van der Waals surface area contributed by atoms with E-state index in [2.05, 4.69) is 10.3 Å². The number of methoxy groups -OCH3 is 5. The second kappa shape index (κ2) is 10.2. The molecule has 3 aromatic rings. The number of hydrogen-bond acceptors (Lipinski definition) is 8. The molecule has 1 N–H and O–H groups in total. The van der Waals surface area contributed by atoms with Crippen LogP contribution in [0.4, 0.5) is 0 Å². The van der Waals surface area contributed by atoms with Crippen LogP contribution in [-0.4, -0.2) is 40.5 Å². The van der Waals surface area contributed by atoms with Gasteiger partial charge in [0.05, 0.1) is 40.4 Å². The van der Waals surface area contributed by atoms with Crippen molar-refractivity contribution < 1.29 is 23.7 Å². The Hall–Kier alpha value is -2.97. The number of nitrogens with zero attached hydrogens (tertiary/aromatic N) is 1. The maximum Gasteiger partial charge on any atom is 0.203 e. The highest BCUT2D eigenvalue weighted by Gasteiger charge is 2.15. The van der Waals surface area contributed by atoms with E-state index in [1.807, 2.05) is 36.5 Å². The molecule has 160 valence electrons. The second-order valence-corrected chi connectivity index (χ2v) is 7.44. The third-order valence-corrected chi connectivity index (χ3v) is 5.60. The van der Waals surface area contributed by atoms with Crippen LogP contribution >= 0.6 is 11.3 Å². The molecule has 0 saturated heterocycles. The molecule has 30 heavy (non-hydrogen) atoms. The summed E-state index contributed by atoms with van der Waals surface area (Å²) in [6, 6.07) is 9.74. The summed E-state index contributed by atoms with van der Waals surface area (Å²) in [6.45, 7) is 1.35. The number of aromatic nitrogens is 1. The van der Waals surface area contributed by atoms with Crippen LogP contribution in [0.2, 0.25) is 0 Å². The molecule has 0 aliphatic carbocycles. The number of ether oxygens (including phenoxy) is 5. The summed E-state index contributed by atoms with van der Waals surface area (Å²) in [5, 5.41) is 4.40. The van der Waals surface area contributed by atoms with Gasteiger partial charge in [-0.05, 0) is 29.8 Å². The molecule has 3 rings (SSSR count). The lowest BCUT2D eigenvalue weighted by Gasteiger charge is -2.13. The first-order valence-corrected chi connectivity index (χ1v) is 10.1. The van der Waals surface area contributed by atoms with Crippen LogP contribution in [0.3, 0.4) is 0 Å². The average molecular weight is 431 g/mol. The predicted molar refractivity (Wildman–Crippen MR) is 117 cm³/mol. The van der Waals surface area contributed by atoms with Gasteiger partial charge in [0.15, 0.2) is 23.0 Å². The second-order valence-electron chi connectivity index (χ2n) is 6.33. The Morgan fingerprint density at radius 1 is 0.767 bits per heavy atom. The summed E-state index contributed by atoms with van der Waals surface area (Å²) >= 11 is 1.62. The van der Waals surface area contributed by atoms with Crippen molar-refractivity contribution >= 4 is 11.3 Å². The molecule has 1 heterocycles. The van der Waals surface area contributed by atoms with Crippen LogP contribution in [0, 0.1) is 0 Å². The van der Waals surface area contributed by atoms with Crippen molar-refractivity contribution in [1.82, 2.24) is 10.3 Å². The van der Waals surface area contributed by atoms with E-state index in [1.165, 1.54) is 0 Å². The summed E-state index contributed by atoms with van der Waals surface area (Å²) in [5.74, 6) is 3.25. The Morgan fingerprint density at radius 3 is 2.03 bits per heavy atom. The zero-order valence-electron chi connectivity index (χ0n) is 17.8. The molecule has 0 unspecified atom stereocenters. The van der Waals surface area contributed by atoms with Gasteiger partial charge >= 0.3 is 0 Å². The molecule has 0 bridgehead atoms. The van der Waals surface area contributed by atoms with Crippen LogP contribution in [-0.2, 0) is 13.1 Å². The van der Waals surface area contributed by atoms with Crippen LogP contribution < -0.4 is 29.0 Å². The van der Waals surface area contributed by atoms with Crippen molar-refractivity contribution in [3.63, 3.8) is 0 Å². The average Bonchev–Trinajstić information content (AvgIpc) is 3.26. The van der Waals surface area contributed by atoms with E-state index >= 15 is 0 Å². The van der Waals surface area contributed by atoms with Gasteiger partial charge in [0.2, 0.25) is 5.75 Å². The molecule has 8 heteroatoms. The molecule has 0 aliphatic heterocycles. The normalized spacial score (nSPS) is 10.6. The van der Waals surface area contributed by atoms with E-state index in [9.17, 15) is 0 Å². The standard InChI is InChI=1S/C22H26N2O5S/c1-25-16-7-6-14(8-17(16)26-2)11-23-13-21-24-12-20(30-21)15-9-18(27-3)22(29-5)19(10-15)28-4/h6-10,12,23H,11,13H2,1-5H3. The van der Waals surface area contributed by atoms with Crippen molar-refractivity contribution in [3.05, 3.63) is 47.1 Å². The fourth-order valence-corrected chi connectivity index (χ4v) is 3.93. The van der Waals surface area contributed by atoms with Gasteiger partial charge in [-0.3, -0.25) is 0 Å². The molecular weight excluding hydrogens is 404 g/mol. The van der Waals surface area contributed by atoms with Gasteiger partial charge in [0.1, 0.15) is 5.01 Å². The SMILES string of the molecule is COc1ccc(CNCc2ncc(-c3cc(OC)c(OC)c(OC)c3)s2)cc1OC. The van der Waals surface area contributed by atoms with Gasteiger partial charge < -0.3 is 29.0 Å². The molecular formula is C22H26N2O5S. The molecule has 0 spiro atoms. The lowest BCUT2D eigenvalue weighted by molar-refractivity contribution is 0.324. The number of benzene rings is 2. The molecule has 0 amide bonds. The van der Waals surface area contributed by atoms with Gasteiger partial charge in [-0.2, -0.15) is 0 Å². The number of nitrogens with one attached hydrogen (secondary N) is 1. The van der Waals surface area contributed by atoms with Crippen molar-refractivity contribution in [1.29, 1.82) is 0 Å². The van der Waals surface area contributed by atoms with Gasteiger partial charge in [0.25, 0.3) is 0 Å². The van der Waals surface area contributed by atoms with E-state index < -0.39 is 0 Å². The number of hydrogen-bond donors (Lipinski definition) is 1. The zero-order valence-corrected chi connectivity index (χ0v) is 18.6. The highest BCUT2D eigenvalue weighted by molar-refractivity contribution is 7.15. The van der Waals surface area contributed by atoms with E-state index in [1.54, 1.807) is 46.9 Å². The highest BCUT2D eigenvalue weighted by Crippen LogP contribution is 2.42. The monoisotopic (exact) mass is 430 g/mol. The Kier molecular flexibility index (Phi) is 7.37. The van der Waals surface area contributed by atoms with E-state index in [0.29, 0.717) is 30.3 Å². The van der Waals surface area contributed by atoms with E-state index in [0.717, 1.165) is 32.5 Å². The minimum Gasteiger partial charge on any atom is -0.493 e. The van der Waals surface area contributed by atoms with Crippen LogP contribution in [0.5, 0.6) is 28.7 Å². The van der Waals surface area contributed by atoms with Gasteiger partial charge in [0, 0.05) is 24.8 Å². The van der Waals surface area contributed by atoms with Crippen molar-refractivity contribution in [3.8, 4) is 39.2 Å². The summed E-state index contributed by atoms with van der Waals surface area (Å²) in [6.07, 6.45) is 1.86. The molecule has 0 saturated carbocycles. The number of rotatable bonds is 10. The Labute approximate surface area is 180 Å². The Bertz CT molecular complexity index is 964. The third-order valence-electron chi connectivity index (χ3n) is 4.56. The summed E-state index contributed by atoms with van der Waals surface area (Å²) in [7, 11) is 8.07. The maximum absolute atomic E-state index is 5.44. The lowest BCUT2D eigenvalue weighted by atomic mass is 10.1. The molecule has 0 aliphatic rings. The largest absolute Gasteiger partial charge is 0.493 e. The van der Waals surface area contributed by atoms with Gasteiger partial charge in [-0.1, -0.05) is 6.07 Å². The van der Waals surface area contributed by atoms with Crippen molar-refractivity contribution in [2.75, 3.05) is 35.5 Å². The minimum absolute atomic E-state index is 0.574. The molecule has 0 fully saturated rings. The first kappa shape index (κ1) is 21.7. The Morgan fingerprint density at radius 2 is 1.43 bits per heavy atom. The van der Waals surface area contributed by atoms with Gasteiger partial charge in [-0.25, -0.2) is 4.98 Å². The third kappa shape index (κ3) is 4.77. The van der Waals surface area contributed by atoms with Crippen LogP contribution in [0.1, 0.15) is 10.6 Å². The minimum atomic E-state index is 0.574. The molecule has 7 nitrogen and oxygen atoms in total. The summed E-state index contributed by atoms with van der Waals surface area (Å²) < 4.78 is 26.9. The van der Waals surface area contributed by atoms with Crippen molar-refractivity contribution in [2.24, 2.45) is 0 Å². The predicted octanol–water partition coefficient (Wildman–Crippen LogP) is 4.14. The Balaban J connectivity index is 1.69. The quantitative estimate of drug-likeness (QED) is 0.518. The summed E-state index contributed by atoms with van der Waals surface area (Å²) in [4.78, 5) is 5.56. The van der Waals surface area contributed by atoms with Crippen molar-refractivity contribution in [2.45, 2.75) is 13.1 Å². The smallest absolute Gasteiger partial charge is 0.203 e.